The van der Waals surface area contributed by atoms with E-state index in [-0.39, 0.29) is 12.2 Å². The molecule has 140 valence electrons. The van der Waals surface area contributed by atoms with Crippen LogP contribution in [0.4, 0.5) is 13.2 Å². The lowest BCUT2D eigenvalue weighted by molar-refractivity contribution is -0.192. The summed E-state index contributed by atoms with van der Waals surface area (Å²) in [6.45, 7) is 2.78. The van der Waals surface area contributed by atoms with Crippen LogP contribution in [0.25, 0.3) is 0 Å². The number of hydrogen-bond donors (Lipinski definition) is 1. The van der Waals surface area contributed by atoms with Gasteiger partial charge < -0.3 is 14.6 Å². The van der Waals surface area contributed by atoms with E-state index in [4.69, 9.17) is 19.4 Å². The van der Waals surface area contributed by atoms with Gasteiger partial charge in [-0.05, 0) is 24.5 Å². The number of carboxylic acids is 1. The molecule has 0 amide bonds. The van der Waals surface area contributed by atoms with E-state index in [0.717, 1.165) is 26.1 Å². The molecule has 2 aliphatic rings. The normalized spacial score (nSPS) is 26.5. The first-order valence-corrected chi connectivity index (χ1v) is 7.90. The summed E-state index contributed by atoms with van der Waals surface area (Å²) in [5.74, 6) is -2.76. The fraction of sp³-hybridized carbons (Fsp3) is 0.625. The maximum Gasteiger partial charge on any atom is 0.490 e. The fourth-order valence-electron chi connectivity index (χ4n) is 3.17. The summed E-state index contributed by atoms with van der Waals surface area (Å²) in [5.41, 5.74) is 1.28. The minimum Gasteiger partial charge on any atom is -0.475 e. The standard InChI is InChI=1S/C14H20N2O2.C2HF3O2/c1-17-13-5-4-12-14(13)18-8-7-16(12)10-11-3-2-6-15-9-11;3-2(4,5)1(6)7/h2-3,6,9,12-14H,4-5,7-8,10H2,1H3;(H,6,7)/t12-,13+,14+;/m0./s1. The van der Waals surface area contributed by atoms with Crippen LogP contribution in [-0.4, -0.2) is 65.6 Å². The molecule has 1 saturated heterocycles. The van der Waals surface area contributed by atoms with Crippen LogP contribution in [0.15, 0.2) is 24.5 Å². The number of hydrogen-bond acceptors (Lipinski definition) is 5. The van der Waals surface area contributed by atoms with E-state index in [2.05, 4.69) is 16.0 Å². The van der Waals surface area contributed by atoms with Gasteiger partial charge in [0.05, 0.1) is 18.8 Å². The quantitative estimate of drug-likeness (QED) is 0.888. The molecular formula is C16H21F3N2O4. The maximum atomic E-state index is 10.6. The van der Waals surface area contributed by atoms with Gasteiger partial charge in [-0.3, -0.25) is 9.88 Å². The molecule has 0 unspecified atom stereocenters. The SMILES string of the molecule is CO[C@@H]1CC[C@H]2[C@H]1OCCN2Cc1cccnc1.O=C(O)C(F)(F)F. The molecule has 25 heavy (non-hydrogen) atoms. The third kappa shape index (κ3) is 5.38. The molecule has 0 radical (unpaired) electrons. The number of ether oxygens (including phenoxy) is 2. The smallest absolute Gasteiger partial charge is 0.475 e. The number of halogens is 3. The molecule has 6 nitrogen and oxygen atoms in total. The Bertz CT molecular complexity index is 556. The topological polar surface area (TPSA) is 71.9 Å². The number of nitrogens with zero attached hydrogens (tertiary/aromatic N) is 2. The molecule has 2 fully saturated rings. The lowest BCUT2D eigenvalue weighted by Crippen LogP contribution is -2.51. The Hall–Kier alpha value is -1.71. The lowest BCUT2D eigenvalue weighted by atomic mass is 10.1. The summed E-state index contributed by atoms with van der Waals surface area (Å²) >= 11 is 0. The summed E-state index contributed by atoms with van der Waals surface area (Å²) in [7, 11) is 1.79. The van der Waals surface area contributed by atoms with Crippen molar-refractivity contribution in [3.63, 3.8) is 0 Å². The van der Waals surface area contributed by atoms with E-state index in [0.29, 0.717) is 6.04 Å². The van der Waals surface area contributed by atoms with Crippen molar-refractivity contribution in [2.24, 2.45) is 0 Å². The highest BCUT2D eigenvalue weighted by Crippen LogP contribution is 2.32. The van der Waals surface area contributed by atoms with Crippen LogP contribution in [0, 0.1) is 0 Å². The van der Waals surface area contributed by atoms with Crippen molar-refractivity contribution in [2.75, 3.05) is 20.3 Å². The molecule has 1 saturated carbocycles. The molecule has 9 heteroatoms. The molecule has 1 aliphatic carbocycles. The Kier molecular flexibility index (Phi) is 6.74. The van der Waals surface area contributed by atoms with Crippen molar-refractivity contribution < 1.29 is 32.5 Å². The summed E-state index contributed by atoms with van der Waals surface area (Å²) in [6, 6.07) is 4.64. The van der Waals surface area contributed by atoms with Crippen molar-refractivity contribution in [3.8, 4) is 0 Å². The summed E-state index contributed by atoms with van der Waals surface area (Å²) in [6.07, 6.45) is 1.49. The molecule has 1 aromatic heterocycles. The van der Waals surface area contributed by atoms with E-state index in [1.165, 1.54) is 12.0 Å². The van der Waals surface area contributed by atoms with Gasteiger partial charge >= 0.3 is 12.1 Å². The summed E-state index contributed by atoms with van der Waals surface area (Å²) < 4.78 is 43.1. The van der Waals surface area contributed by atoms with Crippen molar-refractivity contribution in [1.82, 2.24) is 9.88 Å². The van der Waals surface area contributed by atoms with Crippen LogP contribution in [0.1, 0.15) is 18.4 Å². The number of alkyl halides is 3. The molecule has 3 rings (SSSR count). The van der Waals surface area contributed by atoms with Crippen molar-refractivity contribution in [2.45, 2.75) is 43.8 Å². The van der Waals surface area contributed by atoms with Crippen molar-refractivity contribution >= 4 is 5.97 Å². The molecular weight excluding hydrogens is 341 g/mol. The number of carbonyl (C=O) groups is 1. The molecule has 0 aromatic carbocycles. The number of pyridine rings is 1. The van der Waals surface area contributed by atoms with Crippen LogP contribution in [-0.2, 0) is 20.8 Å². The van der Waals surface area contributed by atoms with E-state index >= 15 is 0 Å². The Labute approximate surface area is 143 Å². The summed E-state index contributed by atoms with van der Waals surface area (Å²) in [5, 5.41) is 7.12. The maximum absolute atomic E-state index is 10.6. The second kappa shape index (κ2) is 8.59. The Morgan fingerprint density at radius 2 is 2.20 bits per heavy atom. The number of fused-ring (bicyclic) bond motifs is 1. The van der Waals surface area contributed by atoms with E-state index in [9.17, 15) is 13.2 Å². The Balaban J connectivity index is 0.000000277. The molecule has 0 spiro atoms. The van der Waals surface area contributed by atoms with Gasteiger partial charge in [-0.2, -0.15) is 13.2 Å². The van der Waals surface area contributed by atoms with Gasteiger partial charge in [-0.25, -0.2) is 4.79 Å². The zero-order chi connectivity index (χ0) is 18.4. The first-order chi connectivity index (χ1) is 11.8. The van der Waals surface area contributed by atoms with Crippen LogP contribution >= 0.6 is 0 Å². The predicted octanol–water partition coefficient (Wildman–Crippen LogP) is 2.09. The highest BCUT2D eigenvalue weighted by atomic mass is 19.4. The van der Waals surface area contributed by atoms with Crippen LogP contribution in [0.3, 0.4) is 0 Å². The predicted molar refractivity (Wildman–Crippen MR) is 81.9 cm³/mol. The second-order valence-electron chi connectivity index (χ2n) is 5.89. The highest BCUT2D eigenvalue weighted by molar-refractivity contribution is 5.73. The van der Waals surface area contributed by atoms with Crippen LogP contribution in [0.5, 0.6) is 0 Å². The average molecular weight is 362 g/mol. The van der Waals surface area contributed by atoms with E-state index in [1.54, 1.807) is 7.11 Å². The van der Waals surface area contributed by atoms with Crippen LogP contribution < -0.4 is 0 Å². The second-order valence-corrected chi connectivity index (χ2v) is 5.89. The number of rotatable bonds is 3. The van der Waals surface area contributed by atoms with Crippen molar-refractivity contribution in [1.29, 1.82) is 0 Å². The molecule has 1 aromatic rings. The first-order valence-electron chi connectivity index (χ1n) is 7.90. The van der Waals surface area contributed by atoms with Gasteiger partial charge in [0.2, 0.25) is 0 Å². The lowest BCUT2D eigenvalue weighted by Gasteiger charge is -2.38. The first kappa shape index (κ1) is 19.6. The highest BCUT2D eigenvalue weighted by Gasteiger charge is 2.42. The van der Waals surface area contributed by atoms with Gasteiger partial charge in [-0.15, -0.1) is 0 Å². The van der Waals surface area contributed by atoms with Gasteiger partial charge in [0.1, 0.15) is 0 Å². The zero-order valence-corrected chi connectivity index (χ0v) is 13.8. The molecule has 0 bridgehead atoms. The minimum absolute atomic E-state index is 0.250. The minimum atomic E-state index is -5.08. The molecule has 1 N–H and O–H groups in total. The summed E-state index contributed by atoms with van der Waals surface area (Å²) in [4.78, 5) is 15.6. The van der Waals surface area contributed by atoms with Crippen LogP contribution in [0.2, 0.25) is 0 Å². The van der Waals surface area contributed by atoms with Gasteiger partial charge in [-0.1, -0.05) is 6.07 Å². The molecule has 2 heterocycles. The average Bonchev–Trinajstić information content (AvgIpc) is 3.00. The Morgan fingerprint density at radius 3 is 2.76 bits per heavy atom. The van der Waals surface area contributed by atoms with Gasteiger partial charge in [0.25, 0.3) is 0 Å². The monoisotopic (exact) mass is 362 g/mol. The van der Waals surface area contributed by atoms with E-state index in [1.807, 2.05) is 18.5 Å². The number of morpholine rings is 1. The third-order valence-electron chi connectivity index (χ3n) is 4.30. The molecule has 3 atom stereocenters. The van der Waals surface area contributed by atoms with Crippen molar-refractivity contribution in [3.05, 3.63) is 30.1 Å². The number of methoxy groups -OCH3 is 1. The Morgan fingerprint density at radius 1 is 1.48 bits per heavy atom. The number of carboxylic acid groups (broad SMARTS) is 1. The zero-order valence-electron chi connectivity index (χ0n) is 13.8. The third-order valence-corrected chi connectivity index (χ3v) is 4.30. The van der Waals surface area contributed by atoms with Gasteiger partial charge in [0.15, 0.2) is 0 Å². The fourth-order valence-corrected chi connectivity index (χ4v) is 3.17. The molecule has 1 aliphatic heterocycles. The number of aliphatic carboxylic acids is 1. The van der Waals surface area contributed by atoms with E-state index < -0.39 is 12.1 Å². The largest absolute Gasteiger partial charge is 0.490 e. The van der Waals surface area contributed by atoms with Gasteiger partial charge in [0, 0.05) is 38.6 Å². The number of aromatic nitrogens is 1.